The molecule has 1 unspecified atom stereocenters. The average molecular weight is 267 g/mol. The van der Waals surface area contributed by atoms with E-state index in [0.717, 1.165) is 25.1 Å². The van der Waals surface area contributed by atoms with E-state index in [1.165, 1.54) is 0 Å². The van der Waals surface area contributed by atoms with Crippen LogP contribution in [0.1, 0.15) is 44.4 Å². The molecular formula is C16H26FNO. The van der Waals surface area contributed by atoms with E-state index in [4.69, 9.17) is 4.74 Å². The van der Waals surface area contributed by atoms with Crippen molar-refractivity contribution in [3.63, 3.8) is 0 Å². The number of hydrogen-bond donors (Lipinski definition) is 1. The van der Waals surface area contributed by atoms with Crippen LogP contribution in [0.4, 0.5) is 4.39 Å². The summed E-state index contributed by atoms with van der Waals surface area (Å²) in [5.41, 5.74) is 1.86. The lowest BCUT2D eigenvalue weighted by Crippen LogP contribution is -2.32. The van der Waals surface area contributed by atoms with E-state index < -0.39 is 0 Å². The predicted octanol–water partition coefficient (Wildman–Crippen LogP) is 3.85. The van der Waals surface area contributed by atoms with E-state index in [0.29, 0.717) is 5.56 Å². The van der Waals surface area contributed by atoms with Crippen LogP contribution >= 0.6 is 0 Å². The van der Waals surface area contributed by atoms with Gasteiger partial charge in [-0.15, -0.1) is 0 Å². The van der Waals surface area contributed by atoms with E-state index in [-0.39, 0.29) is 17.3 Å². The van der Waals surface area contributed by atoms with Crippen molar-refractivity contribution in [3.8, 4) is 0 Å². The third-order valence-electron chi connectivity index (χ3n) is 3.57. The molecular weight excluding hydrogens is 241 g/mol. The van der Waals surface area contributed by atoms with Crippen LogP contribution in [0.2, 0.25) is 0 Å². The maximum Gasteiger partial charge on any atom is 0.126 e. The lowest BCUT2D eigenvalue weighted by atomic mass is 9.89. The number of benzene rings is 1. The molecule has 1 N–H and O–H groups in total. The Labute approximate surface area is 116 Å². The standard InChI is InChI=1S/C16H26FNO/c1-12-6-7-14(10-15(12)17)13(2)18-11-16(3,4)8-9-19-5/h6-7,10,13,18H,8-9,11H2,1-5H3. The molecule has 0 spiro atoms. The van der Waals surface area contributed by atoms with Crippen LogP contribution in [0.25, 0.3) is 0 Å². The summed E-state index contributed by atoms with van der Waals surface area (Å²) in [5.74, 6) is -0.134. The number of nitrogens with one attached hydrogen (secondary N) is 1. The Morgan fingerprint density at radius 3 is 2.63 bits per heavy atom. The molecule has 0 radical (unpaired) electrons. The van der Waals surface area contributed by atoms with Gasteiger partial charge in [0.25, 0.3) is 0 Å². The molecule has 0 amide bonds. The number of ether oxygens (including phenoxy) is 1. The minimum atomic E-state index is -0.134. The van der Waals surface area contributed by atoms with Gasteiger partial charge in [-0.2, -0.15) is 0 Å². The summed E-state index contributed by atoms with van der Waals surface area (Å²) in [6.45, 7) is 9.92. The van der Waals surface area contributed by atoms with E-state index in [1.54, 1.807) is 20.1 Å². The summed E-state index contributed by atoms with van der Waals surface area (Å²) in [4.78, 5) is 0. The van der Waals surface area contributed by atoms with Gasteiger partial charge < -0.3 is 10.1 Å². The van der Waals surface area contributed by atoms with Crippen molar-refractivity contribution in [2.45, 2.75) is 40.2 Å². The van der Waals surface area contributed by atoms with E-state index in [1.807, 2.05) is 12.1 Å². The molecule has 1 atom stereocenters. The summed E-state index contributed by atoms with van der Waals surface area (Å²) in [6, 6.07) is 5.59. The van der Waals surface area contributed by atoms with Gasteiger partial charge in [0.05, 0.1) is 0 Å². The highest BCUT2D eigenvalue weighted by Gasteiger charge is 2.18. The van der Waals surface area contributed by atoms with Crippen molar-refractivity contribution in [2.75, 3.05) is 20.3 Å². The molecule has 0 fully saturated rings. The molecule has 0 heterocycles. The van der Waals surface area contributed by atoms with Crippen LogP contribution in [0.3, 0.4) is 0 Å². The molecule has 19 heavy (non-hydrogen) atoms. The zero-order valence-corrected chi connectivity index (χ0v) is 12.7. The first kappa shape index (κ1) is 16.1. The Morgan fingerprint density at radius 2 is 2.05 bits per heavy atom. The van der Waals surface area contributed by atoms with Gasteiger partial charge in [-0.25, -0.2) is 4.39 Å². The van der Waals surface area contributed by atoms with Crippen molar-refractivity contribution < 1.29 is 9.13 Å². The number of methoxy groups -OCH3 is 1. The van der Waals surface area contributed by atoms with Gasteiger partial charge in [-0.1, -0.05) is 26.0 Å². The molecule has 0 aliphatic rings. The van der Waals surface area contributed by atoms with Crippen molar-refractivity contribution in [2.24, 2.45) is 5.41 Å². The Bertz CT molecular complexity index is 404. The molecule has 1 aromatic rings. The SMILES string of the molecule is COCCC(C)(C)CNC(C)c1ccc(C)c(F)c1. The van der Waals surface area contributed by atoms with Gasteiger partial charge >= 0.3 is 0 Å². The largest absolute Gasteiger partial charge is 0.385 e. The minimum absolute atomic E-state index is 0.134. The Hall–Kier alpha value is -0.930. The monoisotopic (exact) mass is 267 g/mol. The van der Waals surface area contributed by atoms with Crippen LogP contribution in [0.15, 0.2) is 18.2 Å². The first-order chi connectivity index (χ1) is 8.85. The smallest absolute Gasteiger partial charge is 0.126 e. The molecule has 2 nitrogen and oxygen atoms in total. The molecule has 0 saturated carbocycles. The van der Waals surface area contributed by atoms with Crippen LogP contribution < -0.4 is 5.32 Å². The third-order valence-corrected chi connectivity index (χ3v) is 3.57. The second-order valence-electron chi connectivity index (χ2n) is 6.02. The Balaban J connectivity index is 2.54. The molecule has 0 bridgehead atoms. The van der Waals surface area contributed by atoms with Crippen LogP contribution in [0.5, 0.6) is 0 Å². The topological polar surface area (TPSA) is 21.3 Å². The quantitative estimate of drug-likeness (QED) is 0.810. The van der Waals surface area contributed by atoms with Crippen molar-refractivity contribution in [3.05, 3.63) is 35.1 Å². The van der Waals surface area contributed by atoms with Crippen molar-refractivity contribution >= 4 is 0 Å². The number of hydrogen-bond acceptors (Lipinski definition) is 2. The molecule has 0 aliphatic carbocycles. The fraction of sp³-hybridized carbons (Fsp3) is 0.625. The maximum absolute atomic E-state index is 13.5. The summed E-state index contributed by atoms with van der Waals surface area (Å²) in [5, 5.41) is 3.47. The normalized spacial score (nSPS) is 13.6. The Morgan fingerprint density at radius 1 is 1.37 bits per heavy atom. The molecule has 108 valence electrons. The highest BCUT2D eigenvalue weighted by atomic mass is 19.1. The van der Waals surface area contributed by atoms with Gasteiger partial charge in [-0.05, 0) is 42.9 Å². The van der Waals surface area contributed by atoms with Crippen LogP contribution in [-0.2, 0) is 4.74 Å². The Kier molecular flexibility index (Phi) is 5.95. The molecule has 0 aliphatic heterocycles. The zero-order chi connectivity index (χ0) is 14.5. The van der Waals surface area contributed by atoms with Crippen LogP contribution in [-0.4, -0.2) is 20.3 Å². The fourth-order valence-electron chi connectivity index (χ4n) is 1.89. The molecule has 0 saturated heterocycles. The fourth-order valence-corrected chi connectivity index (χ4v) is 1.89. The third kappa shape index (κ3) is 5.29. The van der Waals surface area contributed by atoms with Gasteiger partial charge in [0.15, 0.2) is 0 Å². The van der Waals surface area contributed by atoms with E-state index in [9.17, 15) is 4.39 Å². The summed E-state index contributed by atoms with van der Waals surface area (Å²) in [7, 11) is 1.72. The molecule has 0 aromatic heterocycles. The summed E-state index contributed by atoms with van der Waals surface area (Å²) >= 11 is 0. The second kappa shape index (κ2) is 7.01. The lowest BCUT2D eigenvalue weighted by molar-refractivity contribution is 0.149. The number of rotatable bonds is 7. The van der Waals surface area contributed by atoms with Crippen molar-refractivity contribution in [1.29, 1.82) is 0 Å². The molecule has 1 rings (SSSR count). The van der Waals surface area contributed by atoms with Crippen molar-refractivity contribution in [1.82, 2.24) is 5.32 Å². The number of aryl methyl sites for hydroxylation is 1. The predicted molar refractivity (Wildman–Crippen MR) is 77.8 cm³/mol. The second-order valence-corrected chi connectivity index (χ2v) is 6.02. The van der Waals surface area contributed by atoms with Gasteiger partial charge in [-0.3, -0.25) is 0 Å². The van der Waals surface area contributed by atoms with Gasteiger partial charge in [0.1, 0.15) is 5.82 Å². The average Bonchev–Trinajstić information content (AvgIpc) is 2.37. The van der Waals surface area contributed by atoms with Gasteiger partial charge in [0, 0.05) is 26.3 Å². The lowest BCUT2D eigenvalue weighted by Gasteiger charge is -2.27. The summed E-state index contributed by atoms with van der Waals surface area (Å²) in [6.07, 6.45) is 1.01. The highest BCUT2D eigenvalue weighted by Crippen LogP contribution is 2.22. The van der Waals surface area contributed by atoms with E-state index in [2.05, 4.69) is 26.1 Å². The van der Waals surface area contributed by atoms with Gasteiger partial charge in [0.2, 0.25) is 0 Å². The maximum atomic E-state index is 13.5. The molecule has 3 heteroatoms. The first-order valence-corrected chi connectivity index (χ1v) is 6.84. The van der Waals surface area contributed by atoms with Crippen LogP contribution in [0, 0.1) is 18.2 Å². The highest BCUT2D eigenvalue weighted by molar-refractivity contribution is 5.25. The first-order valence-electron chi connectivity index (χ1n) is 6.84. The number of halogens is 1. The minimum Gasteiger partial charge on any atom is -0.385 e. The summed E-state index contributed by atoms with van der Waals surface area (Å²) < 4.78 is 18.7. The zero-order valence-electron chi connectivity index (χ0n) is 12.7. The van der Waals surface area contributed by atoms with E-state index >= 15 is 0 Å². The molecule has 1 aromatic carbocycles.